The Labute approximate surface area is 136 Å². The maximum atomic E-state index is 12.6. The molecule has 0 saturated heterocycles. The number of amides is 1. The van der Waals surface area contributed by atoms with Crippen molar-refractivity contribution < 1.29 is 18.7 Å². The summed E-state index contributed by atoms with van der Waals surface area (Å²) in [6.07, 6.45) is 1.53. The number of carbonyl (C=O) groups excluding carboxylic acids is 2. The van der Waals surface area contributed by atoms with Crippen LogP contribution >= 0.6 is 15.9 Å². The van der Waals surface area contributed by atoms with Crippen LogP contribution in [-0.2, 0) is 11.2 Å². The third-order valence-corrected chi connectivity index (χ3v) is 4.11. The highest BCUT2D eigenvalue weighted by molar-refractivity contribution is 9.10. The summed E-state index contributed by atoms with van der Waals surface area (Å²) < 4.78 is 10.7. The Morgan fingerprint density at radius 2 is 2.09 bits per heavy atom. The van der Waals surface area contributed by atoms with Gasteiger partial charge in [0.1, 0.15) is 0 Å². The number of hydrogen-bond donors (Lipinski definition) is 0. The number of carbonyl (C=O) groups is 2. The largest absolute Gasteiger partial charge is 0.465 e. The third kappa shape index (κ3) is 2.54. The monoisotopic (exact) mass is 363 g/mol. The number of benzene rings is 1. The summed E-state index contributed by atoms with van der Waals surface area (Å²) >= 11 is 3.20. The van der Waals surface area contributed by atoms with Crippen molar-refractivity contribution in [2.75, 3.05) is 18.6 Å². The third-order valence-electron chi connectivity index (χ3n) is 3.69. The zero-order valence-corrected chi connectivity index (χ0v) is 13.6. The van der Waals surface area contributed by atoms with Gasteiger partial charge in [0.25, 0.3) is 5.91 Å². The van der Waals surface area contributed by atoms with E-state index in [0.717, 1.165) is 24.1 Å². The van der Waals surface area contributed by atoms with E-state index in [-0.39, 0.29) is 17.6 Å². The van der Waals surface area contributed by atoms with Crippen molar-refractivity contribution in [3.05, 3.63) is 51.9 Å². The molecule has 6 heteroatoms. The van der Waals surface area contributed by atoms with Crippen LogP contribution in [-0.4, -0.2) is 25.5 Å². The maximum absolute atomic E-state index is 12.6. The minimum Gasteiger partial charge on any atom is -0.465 e. The van der Waals surface area contributed by atoms with Crippen LogP contribution in [0.3, 0.4) is 0 Å². The van der Waals surface area contributed by atoms with Gasteiger partial charge in [-0.3, -0.25) is 4.79 Å². The standard InChI is InChI=1S/C16H14BrNO4/c1-21-16(20)11-4-2-6-12-10(11)5-3-9-18(12)15(19)13-7-8-14(17)22-13/h2,4,6-8H,3,5,9H2,1H3. The first-order valence-corrected chi connectivity index (χ1v) is 7.68. The summed E-state index contributed by atoms with van der Waals surface area (Å²) in [4.78, 5) is 26.2. The molecule has 0 bridgehead atoms. The van der Waals surface area contributed by atoms with E-state index in [1.807, 2.05) is 6.07 Å². The Balaban J connectivity index is 2.01. The fourth-order valence-corrected chi connectivity index (χ4v) is 3.01. The number of anilines is 1. The Bertz CT molecular complexity index is 737. The van der Waals surface area contributed by atoms with Crippen LogP contribution in [0.2, 0.25) is 0 Å². The normalized spacial score (nSPS) is 13.6. The first-order valence-electron chi connectivity index (χ1n) is 6.89. The van der Waals surface area contributed by atoms with E-state index < -0.39 is 0 Å². The van der Waals surface area contributed by atoms with Crippen molar-refractivity contribution in [2.45, 2.75) is 12.8 Å². The lowest BCUT2D eigenvalue weighted by Crippen LogP contribution is -2.36. The number of fused-ring (bicyclic) bond motifs is 1. The van der Waals surface area contributed by atoms with Gasteiger partial charge >= 0.3 is 5.97 Å². The second kappa shape index (κ2) is 5.96. The van der Waals surface area contributed by atoms with Crippen molar-refractivity contribution in [3.8, 4) is 0 Å². The number of esters is 1. The second-order valence-electron chi connectivity index (χ2n) is 4.96. The van der Waals surface area contributed by atoms with E-state index >= 15 is 0 Å². The quantitative estimate of drug-likeness (QED) is 0.767. The van der Waals surface area contributed by atoms with Crippen LogP contribution in [0.15, 0.2) is 39.4 Å². The fraction of sp³-hybridized carbons (Fsp3) is 0.250. The van der Waals surface area contributed by atoms with Gasteiger partial charge in [-0.25, -0.2) is 4.79 Å². The van der Waals surface area contributed by atoms with Crippen LogP contribution in [0, 0.1) is 0 Å². The van der Waals surface area contributed by atoms with Crippen molar-refractivity contribution in [2.24, 2.45) is 0 Å². The lowest BCUT2D eigenvalue weighted by molar-refractivity contribution is 0.0599. The average molecular weight is 364 g/mol. The minimum atomic E-state index is -0.383. The summed E-state index contributed by atoms with van der Waals surface area (Å²) in [6.45, 7) is 0.592. The molecule has 0 radical (unpaired) electrons. The molecule has 0 saturated carbocycles. The van der Waals surface area contributed by atoms with Gasteiger partial charge < -0.3 is 14.1 Å². The molecular weight excluding hydrogens is 350 g/mol. The molecule has 114 valence electrons. The molecule has 3 rings (SSSR count). The molecule has 2 aromatic rings. The van der Waals surface area contributed by atoms with Gasteiger partial charge in [-0.2, -0.15) is 0 Å². The van der Waals surface area contributed by atoms with Crippen LogP contribution in [0.5, 0.6) is 0 Å². The molecule has 2 heterocycles. The summed E-state index contributed by atoms with van der Waals surface area (Å²) in [5.74, 6) is -0.330. The molecule has 0 unspecified atom stereocenters. The molecule has 0 atom stereocenters. The smallest absolute Gasteiger partial charge is 0.338 e. The zero-order chi connectivity index (χ0) is 15.7. The first-order chi connectivity index (χ1) is 10.6. The number of hydrogen-bond acceptors (Lipinski definition) is 4. The predicted molar refractivity (Wildman–Crippen MR) is 84.2 cm³/mol. The Hall–Kier alpha value is -2.08. The molecule has 0 fully saturated rings. The molecule has 1 aliphatic rings. The Morgan fingerprint density at radius 1 is 1.27 bits per heavy atom. The van der Waals surface area contributed by atoms with Gasteiger partial charge in [0.15, 0.2) is 10.4 Å². The van der Waals surface area contributed by atoms with Gasteiger partial charge in [0.05, 0.1) is 12.7 Å². The van der Waals surface area contributed by atoms with Gasteiger partial charge in [-0.05, 0) is 58.6 Å². The zero-order valence-electron chi connectivity index (χ0n) is 12.0. The molecule has 0 N–H and O–H groups in total. The van der Waals surface area contributed by atoms with Gasteiger partial charge in [0.2, 0.25) is 0 Å². The Morgan fingerprint density at radius 3 is 2.77 bits per heavy atom. The summed E-state index contributed by atoms with van der Waals surface area (Å²) in [6, 6.07) is 8.64. The molecule has 1 aliphatic heterocycles. The lowest BCUT2D eigenvalue weighted by atomic mass is 9.96. The van der Waals surface area contributed by atoms with Crippen molar-refractivity contribution in [3.63, 3.8) is 0 Å². The van der Waals surface area contributed by atoms with Crippen LogP contribution < -0.4 is 4.90 Å². The second-order valence-corrected chi connectivity index (χ2v) is 5.74. The SMILES string of the molecule is COC(=O)c1cccc2c1CCCN2C(=O)c1ccc(Br)o1. The van der Waals surface area contributed by atoms with Gasteiger partial charge in [-0.15, -0.1) is 0 Å². The Kier molecular flexibility index (Phi) is 4.02. The van der Waals surface area contributed by atoms with Crippen molar-refractivity contribution in [1.82, 2.24) is 0 Å². The highest BCUT2D eigenvalue weighted by atomic mass is 79.9. The van der Waals surface area contributed by atoms with Gasteiger partial charge in [-0.1, -0.05) is 6.07 Å². The number of rotatable bonds is 2. The maximum Gasteiger partial charge on any atom is 0.338 e. The van der Waals surface area contributed by atoms with Gasteiger partial charge in [0, 0.05) is 12.2 Å². The number of ether oxygens (including phenoxy) is 1. The summed E-state index contributed by atoms with van der Waals surface area (Å²) in [5, 5.41) is 0. The van der Waals surface area contributed by atoms with Crippen molar-refractivity contribution >= 4 is 33.5 Å². The molecule has 1 amide bonds. The highest BCUT2D eigenvalue weighted by Gasteiger charge is 2.28. The molecule has 1 aromatic carbocycles. The number of methoxy groups -OCH3 is 1. The minimum absolute atomic E-state index is 0.214. The van der Waals surface area contributed by atoms with E-state index in [2.05, 4.69) is 15.9 Å². The van der Waals surface area contributed by atoms with Crippen LogP contribution in [0.1, 0.15) is 32.9 Å². The summed E-state index contributed by atoms with van der Waals surface area (Å²) in [7, 11) is 1.36. The molecule has 0 spiro atoms. The van der Waals surface area contributed by atoms with E-state index in [1.165, 1.54) is 7.11 Å². The molecule has 1 aromatic heterocycles. The predicted octanol–water partition coefficient (Wildman–Crippen LogP) is 3.42. The summed E-state index contributed by atoms with van der Waals surface area (Å²) in [5.41, 5.74) is 2.10. The topological polar surface area (TPSA) is 59.8 Å². The molecule has 5 nitrogen and oxygen atoms in total. The molecular formula is C16H14BrNO4. The molecule has 0 aliphatic carbocycles. The fourth-order valence-electron chi connectivity index (χ4n) is 2.70. The number of halogens is 1. The van der Waals surface area contributed by atoms with E-state index in [4.69, 9.17) is 9.15 Å². The van der Waals surface area contributed by atoms with E-state index in [0.29, 0.717) is 16.8 Å². The average Bonchev–Trinajstić information content (AvgIpc) is 2.98. The van der Waals surface area contributed by atoms with E-state index in [9.17, 15) is 9.59 Å². The van der Waals surface area contributed by atoms with E-state index in [1.54, 1.807) is 29.2 Å². The van der Waals surface area contributed by atoms with Crippen LogP contribution in [0.25, 0.3) is 0 Å². The number of nitrogens with zero attached hydrogens (tertiary/aromatic N) is 1. The lowest BCUT2D eigenvalue weighted by Gasteiger charge is -2.29. The molecule has 22 heavy (non-hydrogen) atoms. The highest BCUT2D eigenvalue weighted by Crippen LogP contribution is 2.31. The van der Waals surface area contributed by atoms with Crippen molar-refractivity contribution in [1.29, 1.82) is 0 Å². The first kappa shape index (κ1) is 14.8. The number of furan rings is 1. The van der Waals surface area contributed by atoms with Crippen LogP contribution in [0.4, 0.5) is 5.69 Å².